The summed E-state index contributed by atoms with van der Waals surface area (Å²) in [6.45, 7) is 0. The van der Waals surface area contributed by atoms with Gasteiger partial charge in [-0.3, -0.25) is 4.98 Å². The van der Waals surface area contributed by atoms with Crippen molar-refractivity contribution in [2.45, 2.75) is 12.1 Å². The highest BCUT2D eigenvalue weighted by Gasteiger charge is 2.42. The molecule has 3 heterocycles. The number of methoxy groups -OCH3 is 1. The second-order valence-electron chi connectivity index (χ2n) is 7.34. The molecule has 0 amide bonds. The zero-order valence-corrected chi connectivity index (χ0v) is 17.9. The standard InChI is InChI=1S/C25H22N4OS/c1-30-20-12-7-11-19(17-20)28-16-8-14-22(28)24-23(21-13-5-6-15-26-21)27-25(31)29(24)18-9-3-2-4-10-18/h2-17,23-24H,1H3,(H,27,31)/t23-,24+/m1/s1. The van der Waals surface area contributed by atoms with Gasteiger partial charge >= 0.3 is 0 Å². The summed E-state index contributed by atoms with van der Waals surface area (Å²) in [5.74, 6) is 0.818. The lowest BCUT2D eigenvalue weighted by atomic mass is 10.0. The Labute approximate surface area is 186 Å². The first kappa shape index (κ1) is 19.3. The summed E-state index contributed by atoms with van der Waals surface area (Å²) in [4.78, 5) is 6.82. The van der Waals surface area contributed by atoms with Gasteiger partial charge in [0, 0.05) is 35.5 Å². The molecule has 1 saturated heterocycles. The van der Waals surface area contributed by atoms with Crippen LogP contribution in [0.1, 0.15) is 23.5 Å². The molecular weight excluding hydrogens is 404 g/mol. The van der Waals surface area contributed by atoms with Crippen molar-refractivity contribution < 1.29 is 4.74 Å². The molecule has 4 aromatic rings. The summed E-state index contributed by atoms with van der Waals surface area (Å²) in [6, 6.07) is 28.3. The van der Waals surface area contributed by atoms with Crippen LogP contribution in [0.4, 0.5) is 5.69 Å². The quantitative estimate of drug-likeness (QED) is 0.452. The molecule has 0 radical (unpaired) electrons. The molecule has 1 N–H and O–H groups in total. The minimum Gasteiger partial charge on any atom is -0.497 e. The number of hydrogen-bond donors (Lipinski definition) is 1. The van der Waals surface area contributed by atoms with Gasteiger partial charge in [-0.15, -0.1) is 0 Å². The van der Waals surface area contributed by atoms with Gasteiger partial charge in [-0.2, -0.15) is 0 Å². The SMILES string of the molecule is COc1cccc(-n2cccc2[C@H]2[C@@H](c3ccccn3)NC(=S)N2c2ccccc2)c1. The number of hydrogen-bond acceptors (Lipinski definition) is 3. The largest absolute Gasteiger partial charge is 0.497 e. The Morgan fingerprint density at radius 2 is 1.71 bits per heavy atom. The van der Waals surface area contributed by atoms with E-state index in [0.717, 1.165) is 28.5 Å². The van der Waals surface area contributed by atoms with E-state index in [1.54, 1.807) is 7.11 Å². The third-order valence-corrected chi connectivity index (χ3v) is 5.86. The minimum atomic E-state index is -0.0897. The first-order valence-electron chi connectivity index (χ1n) is 10.1. The Balaban J connectivity index is 1.66. The van der Waals surface area contributed by atoms with Crippen LogP contribution in [-0.2, 0) is 0 Å². The monoisotopic (exact) mass is 426 g/mol. The Morgan fingerprint density at radius 3 is 2.48 bits per heavy atom. The fourth-order valence-electron chi connectivity index (χ4n) is 4.15. The van der Waals surface area contributed by atoms with Crippen LogP contribution in [0, 0.1) is 0 Å². The predicted molar refractivity (Wildman–Crippen MR) is 127 cm³/mol. The maximum Gasteiger partial charge on any atom is 0.174 e. The summed E-state index contributed by atoms with van der Waals surface area (Å²) in [5, 5.41) is 4.20. The first-order chi connectivity index (χ1) is 15.3. The van der Waals surface area contributed by atoms with Gasteiger partial charge in [0.2, 0.25) is 0 Å². The number of ether oxygens (including phenoxy) is 1. The van der Waals surface area contributed by atoms with Crippen molar-refractivity contribution in [2.75, 3.05) is 12.0 Å². The van der Waals surface area contributed by atoms with Gasteiger partial charge in [0.1, 0.15) is 11.8 Å². The molecule has 1 aliphatic rings. The molecule has 31 heavy (non-hydrogen) atoms. The van der Waals surface area contributed by atoms with Crippen LogP contribution in [-0.4, -0.2) is 21.8 Å². The lowest BCUT2D eigenvalue weighted by Crippen LogP contribution is -2.30. The zero-order chi connectivity index (χ0) is 21.2. The van der Waals surface area contributed by atoms with E-state index in [9.17, 15) is 0 Å². The van der Waals surface area contributed by atoms with Crippen molar-refractivity contribution in [1.82, 2.24) is 14.9 Å². The topological polar surface area (TPSA) is 42.3 Å². The van der Waals surface area contributed by atoms with Crippen LogP contribution in [0.25, 0.3) is 5.69 Å². The molecule has 154 valence electrons. The van der Waals surface area contributed by atoms with Gasteiger partial charge in [0.05, 0.1) is 18.8 Å². The van der Waals surface area contributed by atoms with Crippen LogP contribution in [0.3, 0.4) is 0 Å². The zero-order valence-electron chi connectivity index (χ0n) is 17.1. The number of thiocarbonyl (C=S) groups is 1. The molecule has 5 nitrogen and oxygen atoms in total. The number of rotatable bonds is 5. The highest BCUT2D eigenvalue weighted by Crippen LogP contribution is 2.42. The van der Waals surface area contributed by atoms with Crippen LogP contribution >= 0.6 is 12.2 Å². The van der Waals surface area contributed by atoms with Gasteiger partial charge in [-0.25, -0.2) is 0 Å². The molecule has 2 atom stereocenters. The van der Waals surface area contributed by atoms with Crippen LogP contribution in [0.15, 0.2) is 97.3 Å². The molecule has 2 aromatic heterocycles. The van der Waals surface area contributed by atoms with Crippen molar-refractivity contribution in [2.24, 2.45) is 0 Å². The van der Waals surface area contributed by atoms with E-state index in [2.05, 4.69) is 56.3 Å². The van der Waals surface area contributed by atoms with Gasteiger partial charge in [-0.05, 0) is 60.7 Å². The number of para-hydroxylation sites is 1. The first-order valence-corrected chi connectivity index (χ1v) is 10.5. The maximum atomic E-state index is 5.81. The molecule has 1 fully saturated rings. The number of aromatic nitrogens is 2. The van der Waals surface area contributed by atoms with E-state index >= 15 is 0 Å². The van der Waals surface area contributed by atoms with Crippen molar-refractivity contribution in [3.8, 4) is 11.4 Å². The van der Waals surface area contributed by atoms with E-state index in [4.69, 9.17) is 17.0 Å². The molecule has 1 aliphatic heterocycles. The van der Waals surface area contributed by atoms with Gasteiger partial charge in [0.25, 0.3) is 0 Å². The summed E-state index contributed by atoms with van der Waals surface area (Å²) >= 11 is 5.81. The molecule has 0 bridgehead atoms. The average molecular weight is 427 g/mol. The van der Waals surface area contributed by atoms with E-state index in [-0.39, 0.29) is 12.1 Å². The summed E-state index contributed by atoms with van der Waals surface area (Å²) in [5.41, 5.74) is 4.14. The Kier molecular flexibility index (Phi) is 5.14. The van der Waals surface area contributed by atoms with E-state index in [0.29, 0.717) is 5.11 Å². The van der Waals surface area contributed by atoms with Crippen molar-refractivity contribution in [3.63, 3.8) is 0 Å². The van der Waals surface area contributed by atoms with E-state index in [1.807, 2.05) is 60.8 Å². The molecule has 2 aromatic carbocycles. The van der Waals surface area contributed by atoms with Gasteiger partial charge < -0.3 is 19.5 Å². The smallest absolute Gasteiger partial charge is 0.174 e. The van der Waals surface area contributed by atoms with Crippen molar-refractivity contribution in [3.05, 3.63) is 109 Å². The second-order valence-corrected chi connectivity index (χ2v) is 7.72. The molecule has 0 unspecified atom stereocenters. The van der Waals surface area contributed by atoms with E-state index in [1.165, 1.54) is 0 Å². The predicted octanol–water partition coefficient (Wildman–Crippen LogP) is 5.06. The summed E-state index contributed by atoms with van der Waals surface area (Å²) in [7, 11) is 1.68. The van der Waals surface area contributed by atoms with Crippen LogP contribution in [0.5, 0.6) is 5.75 Å². The molecule has 0 saturated carbocycles. The van der Waals surface area contributed by atoms with Gasteiger partial charge in [0.15, 0.2) is 5.11 Å². The third kappa shape index (κ3) is 3.55. The maximum absolute atomic E-state index is 5.81. The fourth-order valence-corrected chi connectivity index (χ4v) is 4.50. The molecule has 6 heteroatoms. The molecule has 0 spiro atoms. The third-order valence-electron chi connectivity index (χ3n) is 5.55. The Bertz CT molecular complexity index is 1190. The normalized spacial score (nSPS) is 18.1. The van der Waals surface area contributed by atoms with Crippen LogP contribution < -0.4 is 15.0 Å². The van der Waals surface area contributed by atoms with Crippen LogP contribution in [0.2, 0.25) is 0 Å². The Hall–Kier alpha value is -3.64. The number of nitrogens with one attached hydrogen (secondary N) is 1. The number of nitrogens with zero attached hydrogens (tertiary/aromatic N) is 3. The fraction of sp³-hybridized carbons (Fsp3) is 0.120. The molecular formula is C25H22N4OS. The molecule has 5 rings (SSSR count). The summed E-state index contributed by atoms with van der Waals surface area (Å²) < 4.78 is 7.64. The summed E-state index contributed by atoms with van der Waals surface area (Å²) in [6.07, 6.45) is 3.90. The number of benzene rings is 2. The Morgan fingerprint density at radius 1 is 0.903 bits per heavy atom. The minimum absolute atomic E-state index is 0.0778. The van der Waals surface area contributed by atoms with Gasteiger partial charge in [-0.1, -0.05) is 30.3 Å². The van der Waals surface area contributed by atoms with Crippen molar-refractivity contribution in [1.29, 1.82) is 0 Å². The van der Waals surface area contributed by atoms with Crippen molar-refractivity contribution >= 4 is 23.0 Å². The molecule has 0 aliphatic carbocycles. The number of pyridine rings is 1. The number of anilines is 1. The van der Waals surface area contributed by atoms with E-state index < -0.39 is 0 Å². The highest BCUT2D eigenvalue weighted by atomic mass is 32.1. The lowest BCUT2D eigenvalue weighted by molar-refractivity contribution is 0.414. The highest BCUT2D eigenvalue weighted by molar-refractivity contribution is 7.80. The lowest BCUT2D eigenvalue weighted by Gasteiger charge is -2.29. The second kappa shape index (κ2) is 8.24. The average Bonchev–Trinajstić information content (AvgIpc) is 3.44.